The highest BCUT2D eigenvalue weighted by Crippen LogP contribution is 2.41. The van der Waals surface area contributed by atoms with Gasteiger partial charge in [-0.3, -0.25) is 4.79 Å². The smallest absolute Gasteiger partial charge is 0.171 e. The fraction of sp³-hybridized carbons (Fsp3) is 0.519. The van der Waals surface area contributed by atoms with Crippen LogP contribution < -0.4 is 10.2 Å². The van der Waals surface area contributed by atoms with Crippen LogP contribution in [0, 0.1) is 10.8 Å². The van der Waals surface area contributed by atoms with Gasteiger partial charge in [0.2, 0.25) is 0 Å². The Kier molecular flexibility index (Phi) is 6.57. The van der Waals surface area contributed by atoms with E-state index >= 15 is 0 Å². The monoisotopic (exact) mass is 447 g/mol. The third-order valence-electron chi connectivity index (χ3n) is 6.92. The summed E-state index contributed by atoms with van der Waals surface area (Å²) in [5.41, 5.74) is 4.99. The maximum Gasteiger partial charge on any atom is 0.171 e. The number of nitrogens with one attached hydrogen (secondary N) is 2. The van der Waals surface area contributed by atoms with Gasteiger partial charge in [0.25, 0.3) is 0 Å². The molecule has 4 heterocycles. The fourth-order valence-electron chi connectivity index (χ4n) is 4.99. The molecule has 0 bridgehead atoms. The summed E-state index contributed by atoms with van der Waals surface area (Å²) in [5, 5.41) is 3.49. The molecule has 2 saturated heterocycles. The number of hydrogen-bond donors (Lipinski definition) is 2. The molecule has 0 saturated carbocycles. The molecule has 3 aromatic rings. The number of ketones is 1. The number of hydrogen-bond acceptors (Lipinski definition) is 5. The first-order valence-corrected chi connectivity index (χ1v) is 12.3. The molecule has 2 N–H and O–H groups in total. The van der Waals surface area contributed by atoms with Crippen LogP contribution >= 0.6 is 0 Å². The van der Waals surface area contributed by atoms with E-state index in [1.807, 2.05) is 34.6 Å². The Bertz CT molecular complexity index is 1120. The van der Waals surface area contributed by atoms with Crippen LogP contribution in [0.2, 0.25) is 0 Å². The number of H-pyrrole nitrogens is 1. The molecule has 1 aromatic carbocycles. The summed E-state index contributed by atoms with van der Waals surface area (Å²) >= 11 is 0. The lowest BCUT2D eigenvalue weighted by Gasteiger charge is -2.34. The number of carbonyl (C=O) groups excluding carboxylic acids is 1. The number of carbonyl (C=O) groups is 1. The van der Waals surface area contributed by atoms with E-state index in [2.05, 4.69) is 44.5 Å². The van der Waals surface area contributed by atoms with E-state index < -0.39 is 5.41 Å². The molecule has 2 aromatic heterocycles. The molecule has 1 spiro atoms. The normalized spacial score (nSPS) is 17.8. The van der Waals surface area contributed by atoms with Crippen LogP contribution in [0.15, 0.2) is 36.7 Å². The second-order valence-electron chi connectivity index (χ2n) is 10.2. The Morgan fingerprint density at radius 3 is 2.61 bits per heavy atom. The van der Waals surface area contributed by atoms with Crippen LogP contribution in [0.3, 0.4) is 0 Å². The maximum atomic E-state index is 12.9. The summed E-state index contributed by atoms with van der Waals surface area (Å²) < 4.78 is 0. The van der Waals surface area contributed by atoms with Gasteiger partial charge in [-0.2, -0.15) is 0 Å². The Hall–Kier alpha value is -2.73. The summed E-state index contributed by atoms with van der Waals surface area (Å²) in [5.74, 6) is 0.0725. The van der Waals surface area contributed by atoms with Gasteiger partial charge in [-0.05, 0) is 49.9 Å². The Labute approximate surface area is 197 Å². The van der Waals surface area contributed by atoms with Crippen molar-refractivity contribution < 1.29 is 4.79 Å². The van der Waals surface area contributed by atoms with E-state index in [0.717, 1.165) is 37.4 Å². The zero-order chi connectivity index (χ0) is 23.6. The number of anilines is 1. The molecule has 0 atom stereocenters. The van der Waals surface area contributed by atoms with Gasteiger partial charge in [0.05, 0.1) is 17.5 Å². The molecule has 176 valence electrons. The van der Waals surface area contributed by atoms with E-state index in [4.69, 9.17) is 4.98 Å². The third-order valence-corrected chi connectivity index (χ3v) is 6.92. The average molecular weight is 448 g/mol. The zero-order valence-electron chi connectivity index (χ0n) is 20.7. The van der Waals surface area contributed by atoms with Crippen molar-refractivity contribution in [3.63, 3.8) is 0 Å². The van der Waals surface area contributed by atoms with E-state index in [-0.39, 0.29) is 5.78 Å². The van der Waals surface area contributed by atoms with Gasteiger partial charge in [0, 0.05) is 36.0 Å². The number of benzene rings is 1. The number of fused-ring (bicyclic) bond motifs is 1. The molecular weight excluding hydrogens is 410 g/mol. The van der Waals surface area contributed by atoms with Crippen LogP contribution in [0.4, 0.5) is 5.69 Å². The summed E-state index contributed by atoms with van der Waals surface area (Å²) in [6.07, 6.45) is 7.34. The first-order chi connectivity index (χ1) is 15.8. The molecule has 33 heavy (non-hydrogen) atoms. The molecule has 0 aliphatic carbocycles. The molecule has 2 aliphatic heterocycles. The molecule has 2 fully saturated rings. The lowest BCUT2D eigenvalue weighted by atomic mass is 9.78. The number of aromatic nitrogens is 3. The summed E-state index contributed by atoms with van der Waals surface area (Å²) in [6, 6.07) is 8.59. The van der Waals surface area contributed by atoms with Gasteiger partial charge < -0.3 is 15.2 Å². The SMILES string of the molecule is CC.CC(C)(C)C(=O)c1c[nH]c2ncc(-c3cccc(N4CCC5(CCNCC5)C4)c3)nc12. The summed E-state index contributed by atoms with van der Waals surface area (Å²) in [7, 11) is 0. The van der Waals surface area contributed by atoms with Crippen molar-refractivity contribution in [2.75, 3.05) is 31.1 Å². The molecule has 0 unspecified atom stereocenters. The predicted molar refractivity (Wildman–Crippen MR) is 136 cm³/mol. The van der Waals surface area contributed by atoms with E-state index in [1.54, 1.807) is 12.4 Å². The van der Waals surface area contributed by atoms with Gasteiger partial charge in [0.1, 0.15) is 5.52 Å². The minimum absolute atomic E-state index is 0.0725. The van der Waals surface area contributed by atoms with Gasteiger partial charge >= 0.3 is 0 Å². The van der Waals surface area contributed by atoms with Crippen molar-refractivity contribution in [2.24, 2.45) is 10.8 Å². The molecule has 6 nitrogen and oxygen atoms in total. The van der Waals surface area contributed by atoms with Crippen molar-refractivity contribution in [1.82, 2.24) is 20.3 Å². The highest BCUT2D eigenvalue weighted by molar-refractivity contribution is 6.08. The van der Waals surface area contributed by atoms with Crippen molar-refractivity contribution in [2.45, 2.75) is 53.9 Å². The Morgan fingerprint density at radius 2 is 1.88 bits per heavy atom. The average Bonchev–Trinajstić information content (AvgIpc) is 3.44. The van der Waals surface area contributed by atoms with Crippen LogP contribution in [0.5, 0.6) is 0 Å². The predicted octanol–water partition coefficient (Wildman–Crippen LogP) is 5.46. The first-order valence-electron chi connectivity index (χ1n) is 12.3. The Morgan fingerprint density at radius 1 is 1.12 bits per heavy atom. The molecule has 0 radical (unpaired) electrons. The largest absolute Gasteiger partial charge is 0.371 e. The Balaban J connectivity index is 0.00000126. The van der Waals surface area contributed by atoms with Crippen molar-refractivity contribution in [3.8, 4) is 11.3 Å². The minimum Gasteiger partial charge on any atom is -0.371 e. The van der Waals surface area contributed by atoms with Crippen LogP contribution in [0.25, 0.3) is 22.4 Å². The third kappa shape index (κ3) is 4.67. The van der Waals surface area contributed by atoms with Crippen LogP contribution in [-0.4, -0.2) is 46.9 Å². The second-order valence-corrected chi connectivity index (χ2v) is 10.2. The fourth-order valence-corrected chi connectivity index (χ4v) is 4.99. The number of aromatic amines is 1. The highest BCUT2D eigenvalue weighted by Gasteiger charge is 2.38. The summed E-state index contributed by atoms with van der Waals surface area (Å²) in [4.78, 5) is 27.9. The van der Waals surface area contributed by atoms with Gasteiger partial charge in [-0.1, -0.05) is 46.8 Å². The van der Waals surface area contributed by atoms with Crippen LogP contribution in [0.1, 0.15) is 64.2 Å². The van der Waals surface area contributed by atoms with E-state index in [1.165, 1.54) is 24.9 Å². The number of nitrogens with zero attached hydrogens (tertiary/aromatic N) is 3. The lowest BCUT2D eigenvalue weighted by Crippen LogP contribution is -2.38. The topological polar surface area (TPSA) is 73.9 Å². The second kappa shape index (κ2) is 9.26. The van der Waals surface area contributed by atoms with Crippen molar-refractivity contribution in [1.29, 1.82) is 0 Å². The minimum atomic E-state index is -0.465. The number of piperidine rings is 1. The zero-order valence-corrected chi connectivity index (χ0v) is 20.7. The number of rotatable bonds is 3. The molecule has 6 heteroatoms. The maximum absolute atomic E-state index is 12.9. The molecule has 5 rings (SSSR count). The van der Waals surface area contributed by atoms with Gasteiger partial charge in [-0.15, -0.1) is 0 Å². The van der Waals surface area contributed by atoms with Crippen LogP contribution in [-0.2, 0) is 0 Å². The quantitative estimate of drug-likeness (QED) is 0.522. The van der Waals surface area contributed by atoms with Gasteiger partial charge in [0.15, 0.2) is 11.4 Å². The first kappa shape index (κ1) is 23.4. The summed E-state index contributed by atoms with van der Waals surface area (Å²) in [6.45, 7) is 14.3. The van der Waals surface area contributed by atoms with E-state index in [0.29, 0.717) is 22.1 Å². The standard InChI is InChI=1S/C25H31N5O.C2H6/c1-24(2,3)22(31)19-14-27-23-21(19)29-20(15-28-23)17-5-4-6-18(13-17)30-12-9-25(16-30)7-10-26-11-8-25;1-2/h4-6,13-15,26H,7-12,16H2,1-3H3,(H,27,28);1-2H3. The van der Waals surface area contributed by atoms with Gasteiger partial charge in [-0.25, -0.2) is 9.97 Å². The lowest BCUT2D eigenvalue weighted by molar-refractivity contribution is 0.0860. The molecule has 0 amide bonds. The molecular formula is C27H37N5O. The number of Topliss-reactive ketones (excluding diaryl/α,β-unsaturated/α-hetero) is 1. The van der Waals surface area contributed by atoms with Crippen molar-refractivity contribution >= 4 is 22.6 Å². The van der Waals surface area contributed by atoms with E-state index in [9.17, 15) is 4.79 Å². The molecule has 2 aliphatic rings. The highest BCUT2D eigenvalue weighted by atomic mass is 16.1. The van der Waals surface area contributed by atoms with Crippen molar-refractivity contribution in [3.05, 3.63) is 42.2 Å².